The maximum atomic E-state index is 10.7. The van der Waals surface area contributed by atoms with E-state index < -0.39 is 24.6 Å². The van der Waals surface area contributed by atoms with E-state index in [0.29, 0.717) is 0 Å². The highest BCUT2D eigenvalue weighted by Crippen LogP contribution is 2.12. The molecule has 0 aliphatic rings. The number of hydrogen-bond acceptors (Lipinski definition) is 1. The first kappa shape index (κ1) is 4.37. The van der Waals surface area contributed by atoms with Gasteiger partial charge in [0.15, 0.2) is 0 Å². The van der Waals surface area contributed by atoms with E-state index in [9.17, 15) is 4.79 Å². The van der Waals surface area contributed by atoms with Gasteiger partial charge < -0.3 is 5.11 Å². The van der Waals surface area contributed by atoms with Crippen molar-refractivity contribution in [3.63, 3.8) is 0 Å². The summed E-state index contributed by atoms with van der Waals surface area (Å²) in [5, 5.41) is 8.77. The number of hydrogen-bond donors (Lipinski definition) is 1. The fourth-order valence-corrected chi connectivity index (χ4v) is 0.740. The number of carboxylic acids is 1. The second kappa shape index (κ2) is 5.27. The molecule has 0 aromatic carbocycles. The molecule has 0 fully saturated rings. The van der Waals surface area contributed by atoms with Crippen LogP contribution in [0.3, 0.4) is 0 Å². The molecule has 0 bridgehead atoms. The standard InChI is InChI=1S/C8H16O2/c1-3-5-7(6-4-2)8(9)10/h7H,3-6H2,1-2H3,(H,9,10)/i3D2,4D2. The van der Waals surface area contributed by atoms with E-state index in [2.05, 4.69) is 0 Å². The van der Waals surface area contributed by atoms with Crippen LogP contribution in [0.5, 0.6) is 0 Å². The van der Waals surface area contributed by atoms with E-state index in [0.717, 1.165) is 0 Å². The minimum atomic E-state index is -1.58. The smallest absolute Gasteiger partial charge is 0.306 e. The van der Waals surface area contributed by atoms with E-state index in [-0.39, 0.29) is 12.8 Å². The molecular weight excluding hydrogens is 128 g/mol. The molecular formula is C8H16O2. The molecule has 2 nitrogen and oxygen atoms in total. The van der Waals surface area contributed by atoms with E-state index in [1.807, 2.05) is 0 Å². The van der Waals surface area contributed by atoms with Crippen LogP contribution in [0.1, 0.15) is 44.9 Å². The molecule has 0 saturated carbocycles. The van der Waals surface area contributed by atoms with E-state index in [4.69, 9.17) is 10.6 Å². The Bertz CT molecular complexity index is 188. The van der Waals surface area contributed by atoms with Crippen LogP contribution in [-0.2, 0) is 4.79 Å². The molecule has 0 amide bonds. The fraction of sp³-hybridized carbons (Fsp3) is 0.875. The molecule has 0 heterocycles. The highest BCUT2D eigenvalue weighted by atomic mass is 16.4. The Hall–Kier alpha value is -0.530. The van der Waals surface area contributed by atoms with Crippen LogP contribution in [0.15, 0.2) is 0 Å². The Morgan fingerprint density at radius 1 is 1.50 bits per heavy atom. The minimum absolute atomic E-state index is 0.157. The molecule has 60 valence electrons. The van der Waals surface area contributed by atoms with Crippen molar-refractivity contribution in [1.29, 1.82) is 0 Å². The molecule has 0 unspecified atom stereocenters. The number of carbonyl (C=O) groups is 1. The SMILES string of the molecule is [2H]C([2H])(C)CC(CC([2H])([2H])C)C(=O)O. The molecule has 0 aliphatic heterocycles. The lowest BCUT2D eigenvalue weighted by Gasteiger charge is -2.07. The molecule has 0 rings (SSSR count). The van der Waals surface area contributed by atoms with E-state index >= 15 is 0 Å². The molecule has 10 heavy (non-hydrogen) atoms. The van der Waals surface area contributed by atoms with Gasteiger partial charge >= 0.3 is 5.97 Å². The predicted molar refractivity (Wildman–Crippen MR) is 40.9 cm³/mol. The van der Waals surface area contributed by atoms with Gasteiger partial charge in [-0.2, -0.15) is 0 Å². The summed E-state index contributed by atoms with van der Waals surface area (Å²) in [7, 11) is 0. The lowest BCUT2D eigenvalue weighted by Crippen LogP contribution is -2.12. The first-order chi connectivity index (χ1) is 6.01. The Morgan fingerprint density at radius 3 is 2.10 bits per heavy atom. The monoisotopic (exact) mass is 148 g/mol. The Morgan fingerprint density at radius 2 is 1.90 bits per heavy atom. The maximum Gasteiger partial charge on any atom is 0.306 e. The topological polar surface area (TPSA) is 37.3 Å². The van der Waals surface area contributed by atoms with Gasteiger partial charge in [0, 0.05) is 5.48 Å². The molecule has 0 radical (unpaired) electrons. The first-order valence-electron chi connectivity index (χ1n) is 5.24. The van der Waals surface area contributed by atoms with Gasteiger partial charge in [0.05, 0.1) is 5.92 Å². The summed E-state index contributed by atoms with van der Waals surface area (Å²) in [6, 6.07) is 0. The zero-order chi connectivity index (χ0) is 11.6. The van der Waals surface area contributed by atoms with Crippen molar-refractivity contribution >= 4 is 5.97 Å². The molecule has 0 aliphatic carbocycles. The summed E-state index contributed by atoms with van der Waals surface area (Å²) in [6.45, 7) is 2.60. The van der Waals surface area contributed by atoms with Crippen molar-refractivity contribution in [3.8, 4) is 0 Å². The molecule has 0 aromatic heterocycles. The van der Waals surface area contributed by atoms with Gasteiger partial charge in [-0.25, -0.2) is 0 Å². The number of rotatable bonds is 5. The molecule has 0 atom stereocenters. The second-order valence-corrected chi connectivity index (χ2v) is 2.15. The largest absolute Gasteiger partial charge is 0.481 e. The van der Waals surface area contributed by atoms with Crippen LogP contribution in [0.2, 0.25) is 0 Å². The lowest BCUT2D eigenvalue weighted by atomic mass is 9.99. The van der Waals surface area contributed by atoms with Crippen molar-refractivity contribution < 1.29 is 15.4 Å². The van der Waals surface area contributed by atoms with Crippen LogP contribution in [0.25, 0.3) is 0 Å². The Labute approximate surface area is 67.9 Å². The van der Waals surface area contributed by atoms with Gasteiger partial charge in [0.1, 0.15) is 0 Å². The molecule has 0 spiro atoms. The van der Waals surface area contributed by atoms with Crippen molar-refractivity contribution in [1.82, 2.24) is 0 Å². The third-order valence-corrected chi connectivity index (χ3v) is 1.25. The molecule has 0 saturated heterocycles. The van der Waals surface area contributed by atoms with Gasteiger partial charge in [-0.15, -0.1) is 0 Å². The second-order valence-electron chi connectivity index (χ2n) is 2.15. The van der Waals surface area contributed by atoms with E-state index in [1.54, 1.807) is 0 Å². The Kier molecular flexibility index (Phi) is 2.30. The summed E-state index contributed by atoms with van der Waals surface area (Å²) in [4.78, 5) is 10.7. The maximum absolute atomic E-state index is 10.7. The van der Waals surface area contributed by atoms with Gasteiger partial charge in [0.25, 0.3) is 0 Å². The summed E-state index contributed by atoms with van der Waals surface area (Å²) in [5.74, 6) is -2.10. The van der Waals surface area contributed by atoms with E-state index in [1.165, 1.54) is 13.8 Å². The quantitative estimate of drug-likeness (QED) is 0.649. The lowest BCUT2D eigenvalue weighted by molar-refractivity contribution is -0.142. The average molecular weight is 148 g/mol. The van der Waals surface area contributed by atoms with Crippen LogP contribution in [-0.4, -0.2) is 11.1 Å². The van der Waals surface area contributed by atoms with Crippen LogP contribution in [0, 0.1) is 5.92 Å². The van der Waals surface area contributed by atoms with Crippen molar-refractivity contribution in [2.45, 2.75) is 39.4 Å². The molecule has 0 aromatic rings. The van der Waals surface area contributed by atoms with Gasteiger partial charge in [0.2, 0.25) is 0 Å². The molecule has 2 heteroatoms. The van der Waals surface area contributed by atoms with Gasteiger partial charge in [-0.3, -0.25) is 4.79 Å². The minimum Gasteiger partial charge on any atom is -0.481 e. The zero-order valence-electron chi connectivity index (χ0n) is 10.3. The Balaban J connectivity index is 4.40. The third kappa shape index (κ3) is 3.49. The highest BCUT2D eigenvalue weighted by Gasteiger charge is 2.13. The predicted octanol–water partition coefficient (Wildman–Crippen LogP) is 2.29. The van der Waals surface area contributed by atoms with Crippen LogP contribution >= 0.6 is 0 Å². The summed E-state index contributed by atoms with van der Waals surface area (Å²) in [6.07, 6.45) is -3.46. The zero-order valence-corrected chi connectivity index (χ0v) is 6.35. The summed E-state index contributed by atoms with van der Waals surface area (Å²) < 4.78 is 29.0. The van der Waals surface area contributed by atoms with Crippen molar-refractivity contribution in [2.75, 3.05) is 0 Å². The van der Waals surface area contributed by atoms with Crippen molar-refractivity contribution in [2.24, 2.45) is 5.92 Å². The van der Waals surface area contributed by atoms with Gasteiger partial charge in [-0.05, 0) is 12.8 Å². The third-order valence-electron chi connectivity index (χ3n) is 1.25. The van der Waals surface area contributed by atoms with Crippen LogP contribution < -0.4 is 0 Å². The summed E-state index contributed by atoms with van der Waals surface area (Å²) in [5.41, 5.74) is 0. The highest BCUT2D eigenvalue weighted by molar-refractivity contribution is 5.69. The number of aliphatic carboxylic acids is 1. The van der Waals surface area contributed by atoms with Crippen molar-refractivity contribution in [3.05, 3.63) is 0 Å². The number of carboxylic acid groups (broad SMARTS) is 1. The summed E-state index contributed by atoms with van der Waals surface area (Å²) >= 11 is 0. The average Bonchev–Trinajstić information content (AvgIpc) is 1.78. The molecule has 1 N–H and O–H groups in total. The fourth-order valence-electron chi connectivity index (χ4n) is 0.740. The first-order valence-corrected chi connectivity index (χ1v) is 3.24. The van der Waals surface area contributed by atoms with Crippen LogP contribution in [0.4, 0.5) is 0 Å². The normalized spacial score (nSPS) is 19.1. The van der Waals surface area contributed by atoms with Gasteiger partial charge in [-0.1, -0.05) is 26.6 Å².